The zero-order valence-electron chi connectivity index (χ0n) is 9.76. The Morgan fingerprint density at radius 1 is 1.56 bits per heavy atom. The number of benzene rings is 1. The summed E-state index contributed by atoms with van der Waals surface area (Å²) in [4.78, 5) is 0.0902. The minimum absolute atomic E-state index is 0.0902. The third-order valence-corrected chi connectivity index (χ3v) is 2.59. The molecule has 0 saturated heterocycles. The van der Waals surface area contributed by atoms with Gasteiger partial charge in [-0.05, 0) is 25.1 Å². The zero-order valence-corrected chi connectivity index (χ0v) is 10.6. The van der Waals surface area contributed by atoms with Gasteiger partial charge in [0, 0.05) is 6.54 Å². The standard InChI is InChI=1S/C12H12FN3OS/c1-2-16-7-9(6-15-16)17-11-4-3-8(13)5-10(11)12(14)18/h3-7H,2H2,1H3,(H2,14,18). The molecule has 94 valence electrons. The van der Waals surface area contributed by atoms with Gasteiger partial charge in [0.05, 0.1) is 18.0 Å². The summed E-state index contributed by atoms with van der Waals surface area (Å²) in [7, 11) is 0. The molecule has 0 fully saturated rings. The Morgan fingerprint density at radius 2 is 2.33 bits per heavy atom. The van der Waals surface area contributed by atoms with Crippen LogP contribution in [0.4, 0.5) is 4.39 Å². The molecule has 0 radical (unpaired) electrons. The molecular formula is C12H12FN3OS. The number of halogens is 1. The zero-order chi connectivity index (χ0) is 13.1. The van der Waals surface area contributed by atoms with Gasteiger partial charge in [-0.25, -0.2) is 4.39 Å². The van der Waals surface area contributed by atoms with Crippen molar-refractivity contribution in [1.82, 2.24) is 9.78 Å². The molecule has 0 spiro atoms. The normalized spacial score (nSPS) is 10.3. The third-order valence-electron chi connectivity index (χ3n) is 2.37. The number of thiocarbonyl (C=S) groups is 1. The molecule has 6 heteroatoms. The summed E-state index contributed by atoms with van der Waals surface area (Å²) in [6, 6.07) is 4.04. The van der Waals surface area contributed by atoms with E-state index in [0.29, 0.717) is 17.1 Å². The fourth-order valence-corrected chi connectivity index (χ4v) is 1.64. The van der Waals surface area contributed by atoms with Crippen LogP contribution in [0, 0.1) is 5.82 Å². The van der Waals surface area contributed by atoms with Crippen molar-refractivity contribution in [2.24, 2.45) is 5.73 Å². The molecule has 2 N–H and O–H groups in total. The lowest BCUT2D eigenvalue weighted by atomic mass is 10.2. The number of nitrogens with zero attached hydrogens (tertiary/aromatic N) is 2. The largest absolute Gasteiger partial charge is 0.453 e. The van der Waals surface area contributed by atoms with Gasteiger partial charge in [0.2, 0.25) is 0 Å². The van der Waals surface area contributed by atoms with Crippen LogP contribution < -0.4 is 10.5 Å². The molecule has 0 amide bonds. The van der Waals surface area contributed by atoms with Gasteiger partial charge in [0.25, 0.3) is 0 Å². The molecule has 0 aliphatic heterocycles. The maximum Gasteiger partial charge on any atom is 0.165 e. The maximum absolute atomic E-state index is 13.1. The second-order valence-corrected chi connectivity index (χ2v) is 4.08. The van der Waals surface area contributed by atoms with Crippen LogP contribution in [0.25, 0.3) is 0 Å². The van der Waals surface area contributed by atoms with E-state index >= 15 is 0 Å². The summed E-state index contributed by atoms with van der Waals surface area (Å²) < 4.78 is 20.4. The van der Waals surface area contributed by atoms with Crippen LogP contribution in [-0.4, -0.2) is 14.8 Å². The first-order chi connectivity index (χ1) is 8.60. The lowest BCUT2D eigenvalue weighted by Crippen LogP contribution is -2.11. The highest BCUT2D eigenvalue weighted by atomic mass is 32.1. The van der Waals surface area contributed by atoms with E-state index in [9.17, 15) is 4.39 Å². The van der Waals surface area contributed by atoms with E-state index in [-0.39, 0.29) is 4.99 Å². The van der Waals surface area contributed by atoms with Crippen molar-refractivity contribution in [3.8, 4) is 11.5 Å². The molecule has 18 heavy (non-hydrogen) atoms. The van der Waals surface area contributed by atoms with Gasteiger partial charge in [-0.3, -0.25) is 4.68 Å². The van der Waals surface area contributed by atoms with E-state index in [2.05, 4.69) is 5.10 Å². The van der Waals surface area contributed by atoms with Gasteiger partial charge in [0.15, 0.2) is 5.75 Å². The minimum Gasteiger partial charge on any atom is -0.453 e. The van der Waals surface area contributed by atoms with Crippen LogP contribution in [0.2, 0.25) is 0 Å². The summed E-state index contributed by atoms with van der Waals surface area (Å²) >= 11 is 4.86. The van der Waals surface area contributed by atoms with E-state index in [4.69, 9.17) is 22.7 Å². The Labute approximate surface area is 109 Å². The third kappa shape index (κ3) is 2.65. The highest BCUT2D eigenvalue weighted by Gasteiger charge is 2.10. The number of nitrogens with two attached hydrogens (primary N) is 1. The van der Waals surface area contributed by atoms with Crippen LogP contribution >= 0.6 is 12.2 Å². The van der Waals surface area contributed by atoms with Gasteiger partial charge in [-0.1, -0.05) is 12.2 Å². The predicted octanol–water partition coefficient (Wildman–Crippen LogP) is 2.47. The van der Waals surface area contributed by atoms with Gasteiger partial charge in [-0.15, -0.1) is 0 Å². The fourth-order valence-electron chi connectivity index (χ4n) is 1.48. The first-order valence-electron chi connectivity index (χ1n) is 5.40. The van der Waals surface area contributed by atoms with Gasteiger partial charge >= 0.3 is 0 Å². The minimum atomic E-state index is -0.408. The summed E-state index contributed by atoms with van der Waals surface area (Å²) in [5.74, 6) is 0.565. The number of hydrogen-bond donors (Lipinski definition) is 1. The van der Waals surface area contributed by atoms with Crippen molar-refractivity contribution in [3.05, 3.63) is 42.0 Å². The van der Waals surface area contributed by atoms with Gasteiger partial charge in [-0.2, -0.15) is 5.10 Å². The van der Waals surface area contributed by atoms with E-state index < -0.39 is 5.82 Å². The average molecular weight is 265 g/mol. The van der Waals surface area contributed by atoms with Crippen molar-refractivity contribution in [3.63, 3.8) is 0 Å². The van der Waals surface area contributed by atoms with Crippen LogP contribution in [0.5, 0.6) is 11.5 Å². The number of aryl methyl sites for hydroxylation is 1. The van der Waals surface area contributed by atoms with Crippen LogP contribution in [0.3, 0.4) is 0 Å². The van der Waals surface area contributed by atoms with Crippen LogP contribution in [0.15, 0.2) is 30.6 Å². The Bertz CT molecular complexity index is 582. The molecule has 0 aliphatic rings. The highest BCUT2D eigenvalue weighted by Crippen LogP contribution is 2.25. The molecule has 2 aromatic rings. The SMILES string of the molecule is CCn1cc(Oc2ccc(F)cc2C(N)=S)cn1. The van der Waals surface area contributed by atoms with Crippen LogP contribution in [-0.2, 0) is 6.54 Å². The molecule has 0 bridgehead atoms. The van der Waals surface area contributed by atoms with Gasteiger partial charge < -0.3 is 10.5 Å². The first-order valence-corrected chi connectivity index (χ1v) is 5.80. The predicted molar refractivity (Wildman–Crippen MR) is 70.3 cm³/mol. The molecule has 1 heterocycles. The van der Waals surface area contributed by atoms with Crippen LogP contribution in [0.1, 0.15) is 12.5 Å². The summed E-state index contributed by atoms with van der Waals surface area (Å²) in [5.41, 5.74) is 5.90. The molecular weight excluding hydrogens is 253 g/mol. The lowest BCUT2D eigenvalue weighted by molar-refractivity contribution is 0.478. The topological polar surface area (TPSA) is 53.1 Å². The molecule has 4 nitrogen and oxygen atoms in total. The number of ether oxygens (including phenoxy) is 1. The molecule has 1 aromatic carbocycles. The van der Waals surface area contributed by atoms with E-state index in [1.54, 1.807) is 17.1 Å². The molecule has 0 aliphatic carbocycles. The Kier molecular flexibility index (Phi) is 3.57. The van der Waals surface area contributed by atoms with Crippen molar-refractivity contribution in [1.29, 1.82) is 0 Å². The smallest absolute Gasteiger partial charge is 0.165 e. The summed E-state index contributed by atoms with van der Waals surface area (Å²) in [5, 5.41) is 4.08. The Morgan fingerprint density at radius 3 is 2.94 bits per heavy atom. The molecule has 0 saturated carbocycles. The second-order valence-electron chi connectivity index (χ2n) is 3.64. The van der Waals surface area contributed by atoms with Crippen molar-refractivity contribution in [2.75, 3.05) is 0 Å². The monoisotopic (exact) mass is 265 g/mol. The summed E-state index contributed by atoms with van der Waals surface area (Å²) in [6.45, 7) is 2.71. The fraction of sp³-hybridized carbons (Fsp3) is 0.167. The lowest BCUT2D eigenvalue weighted by Gasteiger charge is -2.08. The Hall–Kier alpha value is -1.95. The molecule has 2 rings (SSSR count). The number of hydrogen-bond acceptors (Lipinski definition) is 3. The van der Waals surface area contributed by atoms with Gasteiger partial charge in [0.1, 0.15) is 16.6 Å². The van der Waals surface area contributed by atoms with Crippen molar-refractivity contribution < 1.29 is 9.13 Å². The molecule has 0 unspecified atom stereocenters. The Balaban J connectivity index is 2.30. The van der Waals surface area contributed by atoms with Crippen molar-refractivity contribution in [2.45, 2.75) is 13.5 Å². The van der Waals surface area contributed by atoms with E-state index in [0.717, 1.165) is 6.54 Å². The average Bonchev–Trinajstić information content (AvgIpc) is 2.79. The second kappa shape index (κ2) is 5.14. The number of aromatic nitrogens is 2. The summed E-state index contributed by atoms with van der Waals surface area (Å²) in [6.07, 6.45) is 3.32. The quantitative estimate of drug-likeness (QED) is 0.863. The number of rotatable bonds is 4. The highest BCUT2D eigenvalue weighted by molar-refractivity contribution is 7.80. The van der Waals surface area contributed by atoms with E-state index in [1.807, 2.05) is 6.92 Å². The molecule has 0 atom stereocenters. The van der Waals surface area contributed by atoms with E-state index in [1.165, 1.54) is 18.2 Å². The molecule has 1 aromatic heterocycles. The van der Waals surface area contributed by atoms with Crippen molar-refractivity contribution >= 4 is 17.2 Å². The first kappa shape index (κ1) is 12.5. The maximum atomic E-state index is 13.1.